The fourth-order valence-electron chi connectivity index (χ4n) is 4.41. The Balaban J connectivity index is 1.35. The normalized spacial score (nSPS) is 16.1. The number of carbonyl (C=O) groups is 3. The fraction of sp³-hybridized carbons (Fsp3) is 0.269. The van der Waals surface area contributed by atoms with E-state index >= 15 is 0 Å². The van der Waals surface area contributed by atoms with E-state index in [2.05, 4.69) is 10.6 Å². The number of hydrogen-bond acceptors (Lipinski definition) is 8. The highest BCUT2D eigenvalue weighted by atomic mass is 35.5. The lowest BCUT2D eigenvalue weighted by Gasteiger charge is -2.28. The molecule has 1 aromatic heterocycles. The summed E-state index contributed by atoms with van der Waals surface area (Å²) in [5.41, 5.74) is 2.43. The molecule has 9 nitrogen and oxygen atoms in total. The summed E-state index contributed by atoms with van der Waals surface area (Å²) in [6.07, 6.45) is -0.322. The van der Waals surface area contributed by atoms with Crippen molar-refractivity contribution in [2.24, 2.45) is 0 Å². The third-order valence-electron chi connectivity index (χ3n) is 6.24. The van der Waals surface area contributed by atoms with Crippen LogP contribution in [0.25, 0.3) is 0 Å². The SMILES string of the molecule is CCOC(=O)N1CCc2c(sc3c2C(=O)NC(c2ccc(OC(=O)c4ccc(Cl)cc4Cl)c(OC)c2)N3)C1. The van der Waals surface area contributed by atoms with Gasteiger partial charge in [0.2, 0.25) is 0 Å². The second-order valence-corrected chi connectivity index (χ2v) is 10.5. The van der Waals surface area contributed by atoms with Crippen molar-refractivity contribution in [1.29, 1.82) is 0 Å². The van der Waals surface area contributed by atoms with Crippen molar-refractivity contribution in [3.8, 4) is 11.5 Å². The number of anilines is 1. The Labute approximate surface area is 232 Å². The zero-order chi connectivity index (χ0) is 27.0. The first-order chi connectivity index (χ1) is 18.3. The first-order valence-electron chi connectivity index (χ1n) is 11.8. The van der Waals surface area contributed by atoms with Crippen molar-refractivity contribution in [2.45, 2.75) is 26.1 Å². The molecule has 2 amide bonds. The molecule has 198 valence electrons. The van der Waals surface area contributed by atoms with Gasteiger partial charge in [-0.1, -0.05) is 29.3 Å². The molecule has 1 unspecified atom stereocenters. The molecule has 3 heterocycles. The van der Waals surface area contributed by atoms with Gasteiger partial charge in [-0.05, 0) is 54.8 Å². The number of nitrogens with zero attached hydrogens (tertiary/aromatic N) is 1. The third kappa shape index (κ3) is 4.99. The van der Waals surface area contributed by atoms with Gasteiger partial charge in [-0.2, -0.15) is 0 Å². The Morgan fingerprint density at radius 1 is 1.13 bits per heavy atom. The minimum absolute atomic E-state index is 0.166. The minimum Gasteiger partial charge on any atom is -0.493 e. The number of rotatable bonds is 5. The topological polar surface area (TPSA) is 106 Å². The van der Waals surface area contributed by atoms with Crippen molar-refractivity contribution in [3.05, 3.63) is 73.6 Å². The monoisotopic (exact) mass is 575 g/mol. The van der Waals surface area contributed by atoms with E-state index in [1.807, 2.05) is 0 Å². The van der Waals surface area contributed by atoms with Crippen LogP contribution in [-0.4, -0.2) is 43.1 Å². The molecule has 0 radical (unpaired) electrons. The maximum atomic E-state index is 13.1. The molecule has 0 saturated heterocycles. The summed E-state index contributed by atoms with van der Waals surface area (Å²) in [7, 11) is 1.46. The smallest absolute Gasteiger partial charge is 0.410 e. The molecule has 0 fully saturated rings. The van der Waals surface area contributed by atoms with Gasteiger partial charge in [0.1, 0.15) is 11.2 Å². The van der Waals surface area contributed by atoms with E-state index in [0.717, 1.165) is 15.4 Å². The molecule has 0 saturated carbocycles. The number of methoxy groups -OCH3 is 1. The van der Waals surface area contributed by atoms with E-state index < -0.39 is 12.1 Å². The summed E-state index contributed by atoms with van der Waals surface area (Å²) < 4.78 is 16.1. The minimum atomic E-state index is -0.660. The quantitative estimate of drug-likeness (QED) is 0.299. The van der Waals surface area contributed by atoms with Crippen LogP contribution < -0.4 is 20.1 Å². The number of halogens is 2. The Bertz CT molecular complexity index is 1440. The van der Waals surface area contributed by atoms with Crippen LogP contribution in [0.5, 0.6) is 11.5 Å². The lowest BCUT2D eigenvalue weighted by molar-refractivity contribution is 0.0729. The molecule has 12 heteroatoms. The van der Waals surface area contributed by atoms with Crippen LogP contribution >= 0.6 is 34.5 Å². The second kappa shape index (κ2) is 10.7. The van der Waals surface area contributed by atoms with E-state index in [-0.39, 0.29) is 28.3 Å². The second-order valence-electron chi connectivity index (χ2n) is 8.55. The van der Waals surface area contributed by atoms with Crippen LogP contribution in [0.15, 0.2) is 36.4 Å². The lowest BCUT2D eigenvalue weighted by Crippen LogP contribution is -2.39. The van der Waals surface area contributed by atoms with Gasteiger partial charge >= 0.3 is 12.1 Å². The summed E-state index contributed by atoms with van der Waals surface area (Å²) >= 11 is 13.5. The van der Waals surface area contributed by atoms with Gasteiger partial charge < -0.3 is 29.7 Å². The molecule has 2 aliphatic heterocycles. The van der Waals surface area contributed by atoms with Gasteiger partial charge in [-0.3, -0.25) is 4.79 Å². The highest BCUT2D eigenvalue weighted by molar-refractivity contribution is 7.16. The third-order valence-corrected chi connectivity index (χ3v) is 7.93. The summed E-state index contributed by atoms with van der Waals surface area (Å²) in [6, 6.07) is 9.50. The van der Waals surface area contributed by atoms with Crippen molar-refractivity contribution in [1.82, 2.24) is 10.2 Å². The fourth-order valence-corrected chi connectivity index (χ4v) is 6.19. The van der Waals surface area contributed by atoms with Crippen LogP contribution in [0.1, 0.15) is 49.8 Å². The molecule has 0 aliphatic carbocycles. The summed E-state index contributed by atoms with van der Waals surface area (Å²) in [6.45, 7) is 2.97. The Morgan fingerprint density at radius 3 is 2.68 bits per heavy atom. The Hall–Kier alpha value is -3.47. The summed E-state index contributed by atoms with van der Waals surface area (Å²) in [5.74, 6) is -0.357. The number of hydrogen-bond donors (Lipinski definition) is 2. The molecule has 0 spiro atoms. The molecular weight excluding hydrogens is 553 g/mol. The average Bonchev–Trinajstić information content (AvgIpc) is 3.27. The molecule has 1 atom stereocenters. The first kappa shape index (κ1) is 26.1. The van der Waals surface area contributed by atoms with Gasteiger partial charge in [-0.15, -0.1) is 11.3 Å². The molecule has 2 aromatic carbocycles. The largest absolute Gasteiger partial charge is 0.493 e. The number of fused-ring (bicyclic) bond motifs is 3. The number of carbonyl (C=O) groups excluding carboxylic acids is 3. The van der Waals surface area contributed by atoms with E-state index in [9.17, 15) is 14.4 Å². The van der Waals surface area contributed by atoms with Crippen LogP contribution in [0.2, 0.25) is 10.0 Å². The number of nitrogens with one attached hydrogen (secondary N) is 2. The zero-order valence-electron chi connectivity index (χ0n) is 20.4. The molecule has 2 N–H and O–H groups in total. The Morgan fingerprint density at radius 2 is 1.95 bits per heavy atom. The van der Waals surface area contributed by atoms with Gasteiger partial charge in [0, 0.05) is 16.4 Å². The van der Waals surface area contributed by atoms with Crippen LogP contribution in [0.4, 0.5) is 9.80 Å². The van der Waals surface area contributed by atoms with Crippen molar-refractivity contribution in [3.63, 3.8) is 0 Å². The predicted molar refractivity (Wildman–Crippen MR) is 144 cm³/mol. The molecule has 5 rings (SSSR count). The number of thiophene rings is 1. The highest BCUT2D eigenvalue weighted by Gasteiger charge is 2.35. The van der Waals surface area contributed by atoms with Crippen LogP contribution in [0.3, 0.4) is 0 Å². The molecule has 3 aromatic rings. The number of benzene rings is 2. The standard InChI is InChI=1S/C26H23Cl2N3O6S/c1-3-36-26(34)31-9-8-16-20(12-31)38-24-21(16)23(32)29-22(30-24)13-4-7-18(19(10-13)35-2)37-25(33)15-6-5-14(27)11-17(15)28/h4-7,10-11,22,30H,3,8-9,12H2,1-2H3,(H,29,32). The van der Waals surface area contributed by atoms with Gasteiger partial charge in [0.05, 0.1) is 36.4 Å². The number of amides is 2. The first-order valence-corrected chi connectivity index (χ1v) is 13.3. The van der Waals surface area contributed by atoms with E-state index in [0.29, 0.717) is 48.0 Å². The number of esters is 1. The molecule has 38 heavy (non-hydrogen) atoms. The predicted octanol–water partition coefficient (Wildman–Crippen LogP) is 5.65. The molecule has 0 bridgehead atoms. The van der Waals surface area contributed by atoms with Crippen LogP contribution in [0, 0.1) is 0 Å². The van der Waals surface area contributed by atoms with Crippen molar-refractivity contribution in [2.75, 3.05) is 25.6 Å². The highest BCUT2D eigenvalue weighted by Crippen LogP contribution is 2.42. The van der Waals surface area contributed by atoms with Gasteiger partial charge in [0.15, 0.2) is 11.5 Å². The maximum Gasteiger partial charge on any atom is 0.410 e. The zero-order valence-corrected chi connectivity index (χ0v) is 22.8. The van der Waals surface area contributed by atoms with E-state index in [1.165, 1.54) is 30.6 Å². The van der Waals surface area contributed by atoms with Gasteiger partial charge in [-0.25, -0.2) is 9.59 Å². The molecule has 2 aliphatic rings. The summed E-state index contributed by atoms with van der Waals surface area (Å²) in [4.78, 5) is 40.6. The number of ether oxygens (including phenoxy) is 3. The van der Waals surface area contributed by atoms with E-state index in [1.54, 1.807) is 36.1 Å². The van der Waals surface area contributed by atoms with Crippen LogP contribution in [-0.2, 0) is 17.7 Å². The van der Waals surface area contributed by atoms with E-state index in [4.69, 9.17) is 37.4 Å². The Kier molecular flexibility index (Phi) is 7.38. The van der Waals surface area contributed by atoms with Gasteiger partial charge in [0.25, 0.3) is 5.91 Å². The molecular formula is C26H23Cl2N3O6S. The van der Waals surface area contributed by atoms with Crippen molar-refractivity contribution < 1.29 is 28.6 Å². The van der Waals surface area contributed by atoms with Crippen molar-refractivity contribution >= 4 is 57.5 Å². The summed E-state index contributed by atoms with van der Waals surface area (Å²) in [5, 5.41) is 7.68. The average molecular weight is 576 g/mol. The lowest BCUT2D eigenvalue weighted by atomic mass is 10.0. The maximum absolute atomic E-state index is 13.1.